The number of aromatic nitrogens is 1. The molecule has 0 aliphatic heterocycles. The lowest BCUT2D eigenvalue weighted by molar-refractivity contribution is 0.0697. The fourth-order valence-corrected chi connectivity index (χ4v) is 2.23. The van der Waals surface area contributed by atoms with Gasteiger partial charge in [-0.15, -0.1) is 0 Å². The van der Waals surface area contributed by atoms with Crippen LogP contribution in [0.4, 0.5) is 11.5 Å². The van der Waals surface area contributed by atoms with E-state index in [0.717, 1.165) is 16.9 Å². The molecule has 0 radical (unpaired) electrons. The van der Waals surface area contributed by atoms with Gasteiger partial charge in [0.2, 0.25) is 0 Å². The quantitative estimate of drug-likeness (QED) is 0.893. The van der Waals surface area contributed by atoms with Crippen LogP contribution in [0.2, 0.25) is 5.02 Å². The second kappa shape index (κ2) is 5.51. The van der Waals surface area contributed by atoms with Crippen LogP contribution in [-0.4, -0.2) is 16.1 Å². The van der Waals surface area contributed by atoms with E-state index in [0.29, 0.717) is 16.4 Å². The molecule has 2 aromatic rings. The van der Waals surface area contributed by atoms with Crippen LogP contribution in [0.3, 0.4) is 0 Å². The third-order valence-electron chi connectivity index (χ3n) is 3.01. The van der Waals surface area contributed by atoms with Gasteiger partial charge in [0.15, 0.2) is 0 Å². The molecule has 1 aromatic carbocycles. The van der Waals surface area contributed by atoms with E-state index in [1.165, 1.54) is 0 Å². The minimum absolute atomic E-state index is 0.176. The number of rotatable bonds is 3. The number of pyridine rings is 1. The van der Waals surface area contributed by atoms with Crippen LogP contribution in [0.1, 0.15) is 27.2 Å². The molecule has 0 saturated heterocycles. The smallest absolute Gasteiger partial charge is 0.339 e. The van der Waals surface area contributed by atoms with E-state index < -0.39 is 5.97 Å². The summed E-state index contributed by atoms with van der Waals surface area (Å²) in [6.07, 6.45) is 0. The Bertz CT molecular complexity index is 684. The van der Waals surface area contributed by atoms with Crippen molar-refractivity contribution in [2.24, 2.45) is 0 Å². The van der Waals surface area contributed by atoms with Crippen molar-refractivity contribution in [1.29, 1.82) is 0 Å². The zero-order chi connectivity index (χ0) is 14.9. The highest BCUT2D eigenvalue weighted by molar-refractivity contribution is 6.30. The van der Waals surface area contributed by atoms with Crippen LogP contribution >= 0.6 is 11.6 Å². The Kier molecular flexibility index (Phi) is 3.95. The van der Waals surface area contributed by atoms with Crippen molar-refractivity contribution >= 4 is 29.1 Å². The van der Waals surface area contributed by atoms with Crippen molar-refractivity contribution in [2.45, 2.75) is 20.8 Å². The maximum atomic E-state index is 11.4. The lowest BCUT2D eigenvalue weighted by Gasteiger charge is -2.14. The number of nitrogens with one attached hydrogen (secondary N) is 1. The fourth-order valence-electron chi connectivity index (χ4n) is 2.05. The van der Waals surface area contributed by atoms with Crippen molar-refractivity contribution in [3.63, 3.8) is 0 Å². The van der Waals surface area contributed by atoms with Gasteiger partial charge in [-0.2, -0.15) is 0 Å². The molecule has 4 nitrogen and oxygen atoms in total. The van der Waals surface area contributed by atoms with E-state index in [1.807, 2.05) is 19.9 Å². The summed E-state index contributed by atoms with van der Waals surface area (Å²) < 4.78 is 0. The molecule has 0 saturated carbocycles. The largest absolute Gasteiger partial charge is 0.478 e. The summed E-state index contributed by atoms with van der Waals surface area (Å²) in [6.45, 7) is 5.50. The first-order valence-corrected chi connectivity index (χ1v) is 6.51. The maximum Gasteiger partial charge on any atom is 0.339 e. The van der Waals surface area contributed by atoms with Gasteiger partial charge in [0.25, 0.3) is 0 Å². The second-order valence-electron chi connectivity index (χ2n) is 4.69. The number of hydrogen-bond donors (Lipinski definition) is 2. The molecular weight excluding hydrogens is 276 g/mol. The van der Waals surface area contributed by atoms with E-state index in [-0.39, 0.29) is 5.56 Å². The Morgan fingerprint density at radius 2 is 1.90 bits per heavy atom. The molecule has 0 unspecified atom stereocenters. The second-order valence-corrected chi connectivity index (χ2v) is 5.13. The Hall–Kier alpha value is -2.07. The van der Waals surface area contributed by atoms with Gasteiger partial charge < -0.3 is 10.4 Å². The van der Waals surface area contributed by atoms with Gasteiger partial charge in [-0.1, -0.05) is 17.7 Å². The Morgan fingerprint density at radius 1 is 1.20 bits per heavy atom. The molecule has 0 aliphatic rings. The van der Waals surface area contributed by atoms with Gasteiger partial charge in [0, 0.05) is 16.4 Å². The topological polar surface area (TPSA) is 62.2 Å². The van der Waals surface area contributed by atoms with Gasteiger partial charge in [-0.3, -0.25) is 0 Å². The molecule has 1 aromatic heterocycles. The van der Waals surface area contributed by atoms with Gasteiger partial charge >= 0.3 is 5.97 Å². The summed E-state index contributed by atoms with van der Waals surface area (Å²) in [4.78, 5) is 15.7. The number of carboxylic acids is 1. The van der Waals surface area contributed by atoms with Crippen LogP contribution in [-0.2, 0) is 0 Å². The SMILES string of the molecule is Cc1cc(C)c(C(=O)O)c(Nc2cc(Cl)ccc2C)n1. The molecule has 20 heavy (non-hydrogen) atoms. The summed E-state index contributed by atoms with van der Waals surface area (Å²) >= 11 is 5.97. The molecular formula is C15H15ClN2O2. The van der Waals surface area contributed by atoms with E-state index in [4.69, 9.17) is 11.6 Å². The van der Waals surface area contributed by atoms with Gasteiger partial charge in [0.05, 0.1) is 0 Å². The molecule has 2 N–H and O–H groups in total. The number of anilines is 2. The van der Waals surface area contributed by atoms with E-state index in [1.54, 1.807) is 25.1 Å². The van der Waals surface area contributed by atoms with E-state index in [2.05, 4.69) is 10.3 Å². The lowest BCUT2D eigenvalue weighted by Crippen LogP contribution is -2.09. The minimum Gasteiger partial charge on any atom is -0.478 e. The Morgan fingerprint density at radius 3 is 2.55 bits per heavy atom. The number of nitrogens with zero attached hydrogens (tertiary/aromatic N) is 1. The van der Waals surface area contributed by atoms with Crippen molar-refractivity contribution in [3.05, 3.63) is 51.7 Å². The van der Waals surface area contributed by atoms with E-state index in [9.17, 15) is 9.90 Å². The molecule has 5 heteroatoms. The molecule has 0 amide bonds. The molecule has 0 spiro atoms. The Labute approximate surface area is 122 Å². The van der Waals surface area contributed by atoms with Gasteiger partial charge in [-0.05, 0) is 50.1 Å². The van der Waals surface area contributed by atoms with E-state index >= 15 is 0 Å². The highest BCUT2D eigenvalue weighted by Crippen LogP contribution is 2.27. The number of carbonyl (C=O) groups is 1. The number of aryl methyl sites for hydroxylation is 3. The standard InChI is InChI=1S/C15H15ClN2O2/c1-8-4-5-11(16)7-12(8)18-14-13(15(19)20)9(2)6-10(3)17-14/h4-7H,1-3H3,(H,17,18)(H,19,20). The Balaban J connectivity index is 2.53. The normalized spacial score (nSPS) is 10.4. The van der Waals surface area contributed by atoms with Crippen LogP contribution in [0.5, 0.6) is 0 Å². The zero-order valence-electron chi connectivity index (χ0n) is 11.5. The molecule has 0 aliphatic carbocycles. The number of carboxylic acid groups (broad SMARTS) is 1. The van der Waals surface area contributed by atoms with Crippen molar-refractivity contribution in [1.82, 2.24) is 4.98 Å². The van der Waals surface area contributed by atoms with Gasteiger partial charge in [0.1, 0.15) is 11.4 Å². The molecule has 104 valence electrons. The third-order valence-corrected chi connectivity index (χ3v) is 3.25. The summed E-state index contributed by atoms with van der Waals surface area (Å²) in [7, 11) is 0. The first kappa shape index (κ1) is 14.3. The predicted octanol–water partition coefficient (Wildman–Crippen LogP) is 4.10. The van der Waals surface area contributed by atoms with Crippen LogP contribution < -0.4 is 5.32 Å². The fraction of sp³-hybridized carbons (Fsp3) is 0.200. The van der Waals surface area contributed by atoms with Crippen molar-refractivity contribution < 1.29 is 9.90 Å². The summed E-state index contributed by atoms with van der Waals surface area (Å²) in [6, 6.07) is 7.16. The molecule has 1 heterocycles. The number of benzene rings is 1. The van der Waals surface area contributed by atoms with Crippen LogP contribution in [0.25, 0.3) is 0 Å². The first-order chi connectivity index (χ1) is 9.38. The molecule has 0 fully saturated rings. The van der Waals surface area contributed by atoms with Crippen molar-refractivity contribution in [3.8, 4) is 0 Å². The maximum absolute atomic E-state index is 11.4. The highest BCUT2D eigenvalue weighted by atomic mass is 35.5. The number of halogens is 1. The third kappa shape index (κ3) is 2.91. The summed E-state index contributed by atoms with van der Waals surface area (Å²) in [5.41, 5.74) is 3.32. The monoisotopic (exact) mass is 290 g/mol. The number of hydrogen-bond acceptors (Lipinski definition) is 3. The predicted molar refractivity (Wildman–Crippen MR) is 80.1 cm³/mol. The zero-order valence-corrected chi connectivity index (χ0v) is 12.2. The van der Waals surface area contributed by atoms with Crippen molar-refractivity contribution in [2.75, 3.05) is 5.32 Å². The lowest BCUT2D eigenvalue weighted by atomic mass is 10.1. The summed E-state index contributed by atoms with van der Waals surface area (Å²) in [5.74, 6) is -0.669. The molecule has 0 atom stereocenters. The summed E-state index contributed by atoms with van der Waals surface area (Å²) in [5, 5.41) is 13.0. The highest BCUT2D eigenvalue weighted by Gasteiger charge is 2.16. The number of aromatic carboxylic acids is 1. The molecule has 0 bridgehead atoms. The minimum atomic E-state index is -1.00. The van der Waals surface area contributed by atoms with Crippen LogP contribution in [0, 0.1) is 20.8 Å². The first-order valence-electron chi connectivity index (χ1n) is 6.13. The average Bonchev–Trinajstić information content (AvgIpc) is 2.32. The van der Waals surface area contributed by atoms with Gasteiger partial charge in [-0.25, -0.2) is 9.78 Å². The average molecular weight is 291 g/mol. The van der Waals surface area contributed by atoms with Crippen LogP contribution in [0.15, 0.2) is 24.3 Å². The molecule has 2 rings (SSSR count).